The Labute approximate surface area is 129 Å². The summed E-state index contributed by atoms with van der Waals surface area (Å²) in [6.07, 6.45) is -2.97. The van der Waals surface area contributed by atoms with Gasteiger partial charge in [-0.1, -0.05) is 12.1 Å². The molecular weight excluding hydrogens is 284 g/mol. The highest BCUT2D eigenvalue weighted by Crippen LogP contribution is 2.21. The topological polar surface area (TPSA) is 84.6 Å². The zero-order chi connectivity index (χ0) is 16.3. The summed E-state index contributed by atoms with van der Waals surface area (Å²) in [6.45, 7) is 5.61. The van der Waals surface area contributed by atoms with Gasteiger partial charge >= 0.3 is 5.97 Å². The lowest BCUT2D eigenvalue weighted by atomic mass is 10.0. The van der Waals surface area contributed by atoms with E-state index < -0.39 is 18.2 Å². The number of hydrogen-bond donors (Lipinski definition) is 2. The highest BCUT2D eigenvalue weighted by molar-refractivity contribution is 5.75. The Morgan fingerprint density at radius 2 is 2.05 bits per heavy atom. The SMILES string of the molecule is CCOC(=O)C(O)C(O)c1cccc(-n2nc(C)cc2C)c1. The third kappa shape index (κ3) is 3.35. The normalized spacial score (nSPS) is 13.7. The van der Waals surface area contributed by atoms with E-state index in [9.17, 15) is 15.0 Å². The predicted octanol–water partition coefficient (Wildman–Crippen LogP) is 1.45. The van der Waals surface area contributed by atoms with Gasteiger partial charge in [-0.3, -0.25) is 0 Å². The molecule has 0 bridgehead atoms. The zero-order valence-electron chi connectivity index (χ0n) is 12.9. The number of rotatable bonds is 5. The summed E-state index contributed by atoms with van der Waals surface area (Å²) in [4.78, 5) is 11.5. The average molecular weight is 304 g/mol. The van der Waals surface area contributed by atoms with Crippen molar-refractivity contribution in [2.24, 2.45) is 0 Å². The lowest BCUT2D eigenvalue weighted by molar-refractivity contribution is -0.159. The maximum absolute atomic E-state index is 11.5. The first-order valence-electron chi connectivity index (χ1n) is 7.10. The van der Waals surface area contributed by atoms with Gasteiger partial charge in [0.1, 0.15) is 6.10 Å². The zero-order valence-corrected chi connectivity index (χ0v) is 12.9. The van der Waals surface area contributed by atoms with Gasteiger partial charge in [0, 0.05) is 5.69 Å². The number of aliphatic hydroxyl groups is 2. The molecule has 6 heteroatoms. The Morgan fingerprint density at radius 1 is 1.32 bits per heavy atom. The van der Waals surface area contributed by atoms with Gasteiger partial charge in [0.05, 0.1) is 18.0 Å². The third-order valence-corrected chi connectivity index (χ3v) is 3.29. The van der Waals surface area contributed by atoms with E-state index in [-0.39, 0.29) is 6.61 Å². The molecule has 0 saturated carbocycles. The highest BCUT2D eigenvalue weighted by atomic mass is 16.5. The van der Waals surface area contributed by atoms with Crippen molar-refractivity contribution in [3.8, 4) is 5.69 Å². The fourth-order valence-electron chi connectivity index (χ4n) is 2.27. The molecule has 6 nitrogen and oxygen atoms in total. The highest BCUT2D eigenvalue weighted by Gasteiger charge is 2.27. The number of carbonyl (C=O) groups is 1. The van der Waals surface area contributed by atoms with Crippen LogP contribution in [0.4, 0.5) is 0 Å². The summed E-state index contributed by atoms with van der Waals surface area (Å²) in [7, 11) is 0. The molecular formula is C16H20N2O4. The van der Waals surface area contributed by atoms with Crippen LogP contribution in [0.2, 0.25) is 0 Å². The van der Waals surface area contributed by atoms with Gasteiger partial charge in [0.25, 0.3) is 0 Å². The van der Waals surface area contributed by atoms with E-state index in [1.54, 1.807) is 29.8 Å². The standard InChI is InChI=1S/C16H20N2O4/c1-4-22-16(21)15(20)14(19)12-6-5-7-13(9-12)18-11(3)8-10(2)17-18/h5-9,14-15,19-20H,4H2,1-3H3. The van der Waals surface area contributed by atoms with Crippen LogP contribution in [0, 0.1) is 13.8 Å². The molecule has 0 saturated heterocycles. The predicted molar refractivity (Wildman–Crippen MR) is 80.6 cm³/mol. The molecule has 0 radical (unpaired) electrons. The molecule has 0 aliphatic heterocycles. The molecule has 2 N–H and O–H groups in total. The van der Waals surface area contributed by atoms with Gasteiger partial charge in [-0.05, 0) is 44.5 Å². The smallest absolute Gasteiger partial charge is 0.338 e. The maximum atomic E-state index is 11.5. The molecule has 0 amide bonds. The number of carbonyl (C=O) groups excluding carboxylic acids is 1. The molecule has 1 aromatic heterocycles. The van der Waals surface area contributed by atoms with Gasteiger partial charge < -0.3 is 14.9 Å². The monoisotopic (exact) mass is 304 g/mol. The summed E-state index contributed by atoms with van der Waals surface area (Å²) in [5.74, 6) is -0.841. The van der Waals surface area contributed by atoms with Crippen LogP contribution >= 0.6 is 0 Å². The molecule has 22 heavy (non-hydrogen) atoms. The summed E-state index contributed by atoms with van der Waals surface area (Å²) < 4.78 is 6.46. The van der Waals surface area contributed by atoms with Crippen molar-refractivity contribution >= 4 is 5.97 Å². The van der Waals surface area contributed by atoms with Crippen molar-refractivity contribution in [3.05, 3.63) is 47.3 Å². The summed E-state index contributed by atoms with van der Waals surface area (Å²) in [5, 5.41) is 24.4. The fraction of sp³-hybridized carbons (Fsp3) is 0.375. The summed E-state index contributed by atoms with van der Waals surface area (Å²) in [5.41, 5.74) is 3.01. The Balaban J connectivity index is 2.28. The van der Waals surface area contributed by atoms with Crippen LogP contribution in [0.15, 0.2) is 30.3 Å². The fourth-order valence-corrected chi connectivity index (χ4v) is 2.27. The number of benzene rings is 1. The van der Waals surface area contributed by atoms with E-state index in [0.717, 1.165) is 17.1 Å². The Hall–Kier alpha value is -2.18. The number of ether oxygens (including phenoxy) is 1. The van der Waals surface area contributed by atoms with Gasteiger partial charge in [0.2, 0.25) is 0 Å². The van der Waals surface area contributed by atoms with Crippen molar-refractivity contribution < 1.29 is 19.7 Å². The van der Waals surface area contributed by atoms with Crippen LogP contribution < -0.4 is 0 Å². The number of esters is 1. The Kier molecular flexibility index (Phi) is 4.95. The molecule has 2 unspecified atom stereocenters. The van der Waals surface area contributed by atoms with Crippen LogP contribution in [-0.4, -0.2) is 38.7 Å². The van der Waals surface area contributed by atoms with Crippen molar-refractivity contribution in [1.29, 1.82) is 0 Å². The molecule has 118 valence electrons. The first kappa shape index (κ1) is 16.2. The van der Waals surface area contributed by atoms with Gasteiger partial charge in [-0.2, -0.15) is 5.10 Å². The van der Waals surface area contributed by atoms with Crippen molar-refractivity contribution in [1.82, 2.24) is 9.78 Å². The molecule has 2 atom stereocenters. The molecule has 2 rings (SSSR count). The second-order valence-corrected chi connectivity index (χ2v) is 5.08. The Morgan fingerprint density at radius 3 is 2.64 bits per heavy atom. The van der Waals surface area contributed by atoms with Gasteiger partial charge in [0.15, 0.2) is 6.10 Å². The van der Waals surface area contributed by atoms with Crippen LogP contribution in [-0.2, 0) is 9.53 Å². The van der Waals surface area contributed by atoms with Crippen molar-refractivity contribution in [2.45, 2.75) is 33.0 Å². The largest absolute Gasteiger partial charge is 0.464 e. The molecule has 0 aliphatic rings. The molecule has 2 aromatic rings. The van der Waals surface area contributed by atoms with Crippen molar-refractivity contribution in [3.63, 3.8) is 0 Å². The maximum Gasteiger partial charge on any atom is 0.338 e. The van der Waals surface area contributed by atoms with Crippen LogP contribution in [0.5, 0.6) is 0 Å². The quantitative estimate of drug-likeness (QED) is 0.817. The lowest BCUT2D eigenvalue weighted by Crippen LogP contribution is -2.29. The number of hydrogen-bond acceptors (Lipinski definition) is 5. The summed E-state index contributed by atoms with van der Waals surface area (Å²) in [6, 6.07) is 8.85. The Bertz CT molecular complexity index is 666. The van der Waals surface area contributed by atoms with Gasteiger partial charge in [-0.15, -0.1) is 0 Å². The summed E-state index contributed by atoms with van der Waals surface area (Å²) >= 11 is 0. The van der Waals surface area contributed by atoms with E-state index in [1.165, 1.54) is 0 Å². The lowest BCUT2D eigenvalue weighted by Gasteiger charge is -2.17. The second kappa shape index (κ2) is 6.72. The molecule has 0 fully saturated rings. The average Bonchev–Trinajstić information content (AvgIpc) is 2.84. The first-order chi connectivity index (χ1) is 10.4. The van der Waals surface area contributed by atoms with Gasteiger partial charge in [-0.25, -0.2) is 9.48 Å². The molecule has 0 aliphatic carbocycles. The third-order valence-electron chi connectivity index (χ3n) is 3.29. The van der Waals surface area contributed by atoms with Crippen LogP contribution in [0.3, 0.4) is 0 Å². The van der Waals surface area contributed by atoms with E-state index in [1.807, 2.05) is 26.0 Å². The van der Waals surface area contributed by atoms with E-state index in [4.69, 9.17) is 4.74 Å². The number of aryl methyl sites for hydroxylation is 2. The van der Waals surface area contributed by atoms with Crippen LogP contribution in [0.1, 0.15) is 30.0 Å². The minimum atomic E-state index is -1.62. The first-order valence-corrected chi connectivity index (χ1v) is 7.10. The van der Waals surface area contributed by atoms with Crippen LogP contribution in [0.25, 0.3) is 5.69 Å². The minimum Gasteiger partial charge on any atom is -0.464 e. The van der Waals surface area contributed by atoms with Crippen molar-refractivity contribution in [2.75, 3.05) is 6.61 Å². The molecule has 1 heterocycles. The van der Waals surface area contributed by atoms with E-state index in [2.05, 4.69) is 5.10 Å². The number of aromatic nitrogens is 2. The second-order valence-electron chi connectivity index (χ2n) is 5.08. The number of aliphatic hydroxyl groups excluding tert-OH is 2. The molecule has 0 spiro atoms. The number of nitrogens with zero attached hydrogens (tertiary/aromatic N) is 2. The minimum absolute atomic E-state index is 0.147. The van der Waals surface area contributed by atoms with E-state index in [0.29, 0.717) is 5.56 Å². The molecule has 1 aromatic carbocycles. The van der Waals surface area contributed by atoms with E-state index >= 15 is 0 Å².